The van der Waals surface area contributed by atoms with Crippen molar-refractivity contribution in [3.05, 3.63) is 60.8 Å². The van der Waals surface area contributed by atoms with Crippen LogP contribution in [0.2, 0.25) is 0 Å². The third kappa shape index (κ3) is 42.3. The second kappa shape index (κ2) is 45.0. The van der Waals surface area contributed by atoms with Gasteiger partial charge in [-0.25, -0.2) is 0 Å². The first-order valence-corrected chi connectivity index (χ1v) is 22.8. The van der Waals surface area contributed by atoms with Crippen molar-refractivity contribution in [2.75, 3.05) is 13.2 Å². The number of aliphatic hydroxyl groups is 1. The summed E-state index contributed by atoms with van der Waals surface area (Å²) in [4.78, 5) is 24.2. The summed E-state index contributed by atoms with van der Waals surface area (Å²) >= 11 is 0. The molecule has 0 rings (SSSR count). The van der Waals surface area contributed by atoms with E-state index in [0.717, 1.165) is 70.6 Å². The van der Waals surface area contributed by atoms with Crippen LogP contribution in [0.25, 0.3) is 0 Å². The number of allylic oxidation sites excluding steroid dienone is 10. The second-order valence-corrected chi connectivity index (χ2v) is 15.1. The fourth-order valence-electron chi connectivity index (χ4n) is 6.41. The van der Waals surface area contributed by atoms with Crippen LogP contribution in [-0.4, -0.2) is 36.4 Å². The normalized spacial score (nSPS) is 12.7. The summed E-state index contributed by atoms with van der Waals surface area (Å²) in [6.07, 6.45) is 58.9. The molecule has 0 amide bonds. The number of aliphatic hydroxyl groups excluding tert-OH is 1. The van der Waals surface area contributed by atoms with E-state index in [1.807, 2.05) is 0 Å². The number of hydrogen-bond donors (Lipinski definition) is 1. The predicted octanol–water partition coefficient (Wildman–Crippen LogP) is 14.7. The molecule has 1 N–H and O–H groups in total. The monoisotopic (exact) mass is 755 g/mol. The fraction of sp³-hybridized carbons (Fsp3) is 0.755. The molecule has 5 nitrogen and oxygen atoms in total. The maximum absolute atomic E-state index is 12.2. The Kier molecular flexibility index (Phi) is 43.0. The fourth-order valence-corrected chi connectivity index (χ4v) is 6.41. The Labute approximate surface area is 334 Å². The molecule has 0 aliphatic heterocycles. The van der Waals surface area contributed by atoms with Gasteiger partial charge in [0.05, 0.1) is 6.61 Å². The molecule has 312 valence electrons. The van der Waals surface area contributed by atoms with Crippen LogP contribution in [0.5, 0.6) is 0 Å². The molecule has 54 heavy (non-hydrogen) atoms. The van der Waals surface area contributed by atoms with Crippen LogP contribution < -0.4 is 0 Å². The molecule has 0 heterocycles. The molecule has 0 saturated carbocycles. The molecule has 0 aliphatic carbocycles. The van der Waals surface area contributed by atoms with E-state index >= 15 is 0 Å². The van der Waals surface area contributed by atoms with E-state index in [1.165, 1.54) is 122 Å². The van der Waals surface area contributed by atoms with Gasteiger partial charge in [0.1, 0.15) is 6.61 Å². The number of hydrogen-bond acceptors (Lipinski definition) is 5. The number of carbonyl (C=O) groups excluding carboxylic acids is 2. The first-order valence-electron chi connectivity index (χ1n) is 22.8. The van der Waals surface area contributed by atoms with Gasteiger partial charge in [0.25, 0.3) is 0 Å². The molecule has 0 bridgehead atoms. The maximum Gasteiger partial charge on any atom is 0.306 e. The zero-order valence-corrected chi connectivity index (χ0v) is 35.5. The van der Waals surface area contributed by atoms with Gasteiger partial charge in [-0.15, -0.1) is 0 Å². The Morgan fingerprint density at radius 2 is 0.796 bits per heavy atom. The Morgan fingerprint density at radius 3 is 1.20 bits per heavy atom. The lowest BCUT2D eigenvalue weighted by molar-refractivity contribution is -0.161. The highest BCUT2D eigenvalue weighted by molar-refractivity contribution is 5.70. The van der Waals surface area contributed by atoms with Crippen LogP contribution in [-0.2, 0) is 19.1 Å². The molecule has 1 atom stereocenters. The Balaban J connectivity index is 3.46. The highest BCUT2D eigenvalue weighted by Gasteiger charge is 2.16. The molecule has 0 aromatic heterocycles. The van der Waals surface area contributed by atoms with Crippen molar-refractivity contribution in [2.24, 2.45) is 0 Å². The molecule has 0 radical (unpaired) electrons. The summed E-state index contributed by atoms with van der Waals surface area (Å²) in [5.74, 6) is -0.590. The SMILES string of the molecule is CC/C=C\C/C=C\C/C=C\C/C=C\C/C=C\CCCCCCCCCCCCCCCCCC(=O)OC(CO)COC(=O)CCCCCCCCCCC. The second-order valence-electron chi connectivity index (χ2n) is 15.1. The third-order valence-electron chi connectivity index (χ3n) is 9.83. The summed E-state index contributed by atoms with van der Waals surface area (Å²) in [6, 6.07) is 0. The van der Waals surface area contributed by atoms with Crippen LogP contribution in [0.1, 0.15) is 219 Å². The molecule has 5 heteroatoms. The summed E-state index contributed by atoms with van der Waals surface area (Å²) in [5, 5.41) is 9.55. The van der Waals surface area contributed by atoms with Crippen LogP contribution in [0, 0.1) is 0 Å². The number of unbranched alkanes of at least 4 members (excludes halogenated alkanes) is 23. The van der Waals surface area contributed by atoms with Crippen molar-refractivity contribution < 1.29 is 24.2 Å². The van der Waals surface area contributed by atoms with Gasteiger partial charge >= 0.3 is 11.9 Å². The van der Waals surface area contributed by atoms with E-state index in [9.17, 15) is 14.7 Å². The standard InChI is InChI=1S/C49H86O5/c1-3-5-7-9-11-13-14-15-16-17-18-19-20-21-22-23-24-25-26-27-28-29-30-31-32-33-34-36-38-40-42-44-49(52)54-47(45-50)46-53-48(51)43-41-39-37-35-12-10-8-6-4-2/h5,7,11,13,15-16,18-19,21-22,47,50H,3-4,6,8-10,12,14,17,20,23-46H2,1-2H3/b7-5-,13-11-,16-15-,19-18-,22-21-. The van der Waals surface area contributed by atoms with E-state index in [2.05, 4.69) is 74.6 Å². The molecule has 0 spiro atoms. The van der Waals surface area contributed by atoms with E-state index in [0.29, 0.717) is 12.8 Å². The number of ether oxygens (including phenoxy) is 2. The minimum absolute atomic E-state index is 0.0640. The van der Waals surface area contributed by atoms with E-state index < -0.39 is 6.10 Å². The Morgan fingerprint density at radius 1 is 0.444 bits per heavy atom. The number of carbonyl (C=O) groups is 2. The predicted molar refractivity (Wildman–Crippen MR) is 233 cm³/mol. The summed E-state index contributed by atoms with van der Waals surface area (Å²) in [5.41, 5.74) is 0. The topological polar surface area (TPSA) is 72.8 Å². The zero-order valence-electron chi connectivity index (χ0n) is 35.5. The molecule has 0 fully saturated rings. The summed E-state index contributed by atoms with van der Waals surface area (Å²) in [6.45, 7) is 4.01. The Bertz CT molecular complexity index is 946. The number of esters is 2. The van der Waals surface area contributed by atoms with Gasteiger partial charge in [-0.3, -0.25) is 9.59 Å². The van der Waals surface area contributed by atoms with Crippen LogP contribution in [0.15, 0.2) is 60.8 Å². The quantitative estimate of drug-likeness (QED) is 0.0382. The van der Waals surface area contributed by atoms with Gasteiger partial charge < -0.3 is 14.6 Å². The first-order chi connectivity index (χ1) is 26.6. The van der Waals surface area contributed by atoms with Gasteiger partial charge in [0, 0.05) is 12.8 Å². The lowest BCUT2D eigenvalue weighted by atomic mass is 10.0. The highest BCUT2D eigenvalue weighted by Crippen LogP contribution is 2.15. The average molecular weight is 755 g/mol. The highest BCUT2D eigenvalue weighted by atomic mass is 16.6. The van der Waals surface area contributed by atoms with Gasteiger partial charge in [-0.05, 0) is 57.8 Å². The maximum atomic E-state index is 12.2. The summed E-state index contributed by atoms with van der Waals surface area (Å²) in [7, 11) is 0. The molecule has 1 unspecified atom stereocenters. The molecule has 0 saturated heterocycles. The first kappa shape index (κ1) is 51.6. The molecular weight excluding hydrogens is 669 g/mol. The largest absolute Gasteiger partial charge is 0.462 e. The van der Waals surface area contributed by atoms with E-state index in [1.54, 1.807) is 0 Å². The van der Waals surface area contributed by atoms with E-state index in [4.69, 9.17) is 9.47 Å². The smallest absolute Gasteiger partial charge is 0.306 e. The van der Waals surface area contributed by atoms with Crippen molar-refractivity contribution >= 4 is 11.9 Å². The van der Waals surface area contributed by atoms with Crippen molar-refractivity contribution in [3.63, 3.8) is 0 Å². The van der Waals surface area contributed by atoms with Crippen molar-refractivity contribution in [2.45, 2.75) is 225 Å². The molecule has 0 aliphatic rings. The van der Waals surface area contributed by atoms with Gasteiger partial charge in [0.2, 0.25) is 0 Å². The van der Waals surface area contributed by atoms with Crippen molar-refractivity contribution in [1.29, 1.82) is 0 Å². The molecule has 0 aromatic rings. The van der Waals surface area contributed by atoms with Gasteiger partial charge in [-0.1, -0.05) is 209 Å². The Hall–Kier alpha value is -2.40. The van der Waals surface area contributed by atoms with Crippen molar-refractivity contribution in [1.82, 2.24) is 0 Å². The number of rotatable bonds is 41. The summed E-state index contributed by atoms with van der Waals surface area (Å²) < 4.78 is 10.6. The minimum atomic E-state index is -0.768. The lowest BCUT2D eigenvalue weighted by Gasteiger charge is -2.15. The lowest BCUT2D eigenvalue weighted by Crippen LogP contribution is -2.28. The third-order valence-corrected chi connectivity index (χ3v) is 9.83. The van der Waals surface area contributed by atoms with Gasteiger partial charge in [0.15, 0.2) is 6.10 Å². The van der Waals surface area contributed by atoms with Gasteiger partial charge in [-0.2, -0.15) is 0 Å². The molecule has 0 aromatic carbocycles. The van der Waals surface area contributed by atoms with Crippen LogP contribution in [0.4, 0.5) is 0 Å². The van der Waals surface area contributed by atoms with Crippen LogP contribution >= 0.6 is 0 Å². The van der Waals surface area contributed by atoms with Crippen LogP contribution in [0.3, 0.4) is 0 Å². The minimum Gasteiger partial charge on any atom is -0.462 e. The van der Waals surface area contributed by atoms with E-state index in [-0.39, 0.29) is 25.2 Å². The zero-order chi connectivity index (χ0) is 39.3. The van der Waals surface area contributed by atoms with Crippen molar-refractivity contribution in [3.8, 4) is 0 Å². The molecular formula is C49H86O5. The average Bonchev–Trinajstić information content (AvgIpc) is 3.17.